The minimum atomic E-state index is -4.67. The molecular weight excluding hydrogens is 367 g/mol. The molecule has 2 heterocycles. The molecule has 0 radical (unpaired) electrons. The van der Waals surface area contributed by atoms with Crippen LogP contribution in [0.15, 0.2) is 60.2 Å². The number of nitrogens with zero attached hydrogens (tertiary/aromatic N) is 1. The number of halogens is 3. The summed E-state index contributed by atoms with van der Waals surface area (Å²) in [7, 11) is 0. The standard InChI is InChI=1S/C17H12F3N3O2S/c18-17(19,20)12-6-2-1-5-11(12)15(24)21-22-16(25)14-13(7-10-26-14)23-8-3-4-9-23/h1-10H,(H,21,24)(H,22,25). The van der Waals surface area contributed by atoms with Crippen molar-refractivity contribution >= 4 is 23.2 Å². The minimum absolute atomic E-state index is 0.311. The summed E-state index contributed by atoms with van der Waals surface area (Å²) in [5.74, 6) is -1.67. The van der Waals surface area contributed by atoms with E-state index in [1.807, 2.05) is 5.43 Å². The molecule has 134 valence electrons. The van der Waals surface area contributed by atoms with Gasteiger partial charge in [0, 0.05) is 12.4 Å². The van der Waals surface area contributed by atoms with E-state index in [9.17, 15) is 22.8 Å². The number of aromatic nitrogens is 1. The molecule has 3 rings (SSSR count). The second-order valence-corrected chi connectivity index (χ2v) is 6.09. The number of hydrazine groups is 1. The smallest absolute Gasteiger partial charge is 0.322 e. The van der Waals surface area contributed by atoms with E-state index in [0.29, 0.717) is 10.6 Å². The number of alkyl halides is 3. The van der Waals surface area contributed by atoms with Crippen LogP contribution in [0.2, 0.25) is 0 Å². The summed E-state index contributed by atoms with van der Waals surface area (Å²) in [5, 5.41) is 1.70. The Hall–Kier alpha value is -3.07. The molecule has 0 saturated carbocycles. The van der Waals surface area contributed by atoms with Crippen molar-refractivity contribution < 1.29 is 22.8 Å². The number of carbonyl (C=O) groups excluding carboxylic acids is 2. The van der Waals surface area contributed by atoms with Crippen LogP contribution in [0.25, 0.3) is 5.69 Å². The maximum absolute atomic E-state index is 13.0. The largest absolute Gasteiger partial charge is 0.417 e. The van der Waals surface area contributed by atoms with Gasteiger partial charge in [-0.3, -0.25) is 20.4 Å². The Balaban J connectivity index is 1.74. The molecule has 0 aliphatic heterocycles. The lowest BCUT2D eigenvalue weighted by Gasteiger charge is -2.13. The normalized spacial score (nSPS) is 11.2. The Morgan fingerprint density at radius 3 is 2.27 bits per heavy atom. The van der Waals surface area contributed by atoms with Gasteiger partial charge in [-0.25, -0.2) is 0 Å². The van der Waals surface area contributed by atoms with E-state index < -0.39 is 29.1 Å². The van der Waals surface area contributed by atoms with Crippen LogP contribution in [0.3, 0.4) is 0 Å². The van der Waals surface area contributed by atoms with Gasteiger partial charge in [0.1, 0.15) is 4.88 Å². The molecule has 0 bridgehead atoms. The van der Waals surface area contributed by atoms with Crippen molar-refractivity contribution in [2.45, 2.75) is 6.18 Å². The third-order valence-electron chi connectivity index (χ3n) is 3.50. The van der Waals surface area contributed by atoms with Crippen LogP contribution in [0, 0.1) is 0 Å². The van der Waals surface area contributed by atoms with Gasteiger partial charge in [0.15, 0.2) is 0 Å². The predicted octanol–water partition coefficient (Wildman–Crippen LogP) is 3.63. The third-order valence-corrected chi connectivity index (χ3v) is 4.40. The lowest BCUT2D eigenvalue weighted by Crippen LogP contribution is -2.42. The lowest BCUT2D eigenvalue weighted by atomic mass is 10.1. The second-order valence-electron chi connectivity index (χ2n) is 5.18. The highest BCUT2D eigenvalue weighted by molar-refractivity contribution is 7.12. The van der Waals surface area contributed by atoms with Crippen LogP contribution in [0.5, 0.6) is 0 Å². The molecule has 26 heavy (non-hydrogen) atoms. The van der Waals surface area contributed by atoms with Crippen LogP contribution in [0.1, 0.15) is 25.6 Å². The van der Waals surface area contributed by atoms with E-state index in [2.05, 4.69) is 5.43 Å². The molecule has 2 aromatic heterocycles. The maximum atomic E-state index is 13.0. The number of rotatable bonds is 3. The van der Waals surface area contributed by atoms with Crippen LogP contribution >= 0.6 is 11.3 Å². The van der Waals surface area contributed by atoms with E-state index in [1.54, 1.807) is 40.5 Å². The molecule has 0 unspecified atom stereocenters. The quantitative estimate of drug-likeness (QED) is 0.683. The van der Waals surface area contributed by atoms with Gasteiger partial charge in [-0.15, -0.1) is 11.3 Å². The van der Waals surface area contributed by atoms with Crippen LogP contribution in [-0.4, -0.2) is 16.4 Å². The predicted molar refractivity (Wildman–Crippen MR) is 90.0 cm³/mol. The highest BCUT2D eigenvalue weighted by Crippen LogP contribution is 2.31. The number of benzene rings is 1. The Bertz CT molecular complexity index is 933. The first kappa shape index (κ1) is 17.7. The number of amides is 2. The molecule has 2 N–H and O–H groups in total. The molecule has 0 fully saturated rings. The maximum Gasteiger partial charge on any atom is 0.417 e. The number of thiophene rings is 1. The Morgan fingerprint density at radius 2 is 1.58 bits per heavy atom. The fourth-order valence-corrected chi connectivity index (χ4v) is 3.12. The fourth-order valence-electron chi connectivity index (χ4n) is 2.34. The van der Waals surface area contributed by atoms with E-state index in [1.165, 1.54) is 12.1 Å². The summed E-state index contributed by atoms with van der Waals surface area (Å²) in [6.45, 7) is 0. The van der Waals surface area contributed by atoms with Crippen molar-refractivity contribution in [3.05, 3.63) is 76.2 Å². The number of carbonyl (C=O) groups is 2. The van der Waals surface area contributed by atoms with Crippen molar-refractivity contribution in [3.63, 3.8) is 0 Å². The van der Waals surface area contributed by atoms with Gasteiger partial charge in [0.2, 0.25) is 0 Å². The average molecular weight is 379 g/mol. The van der Waals surface area contributed by atoms with E-state index in [4.69, 9.17) is 0 Å². The molecule has 0 atom stereocenters. The Morgan fingerprint density at radius 1 is 0.923 bits per heavy atom. The molecule has 3 aromatic rings. The van der Waals surface area contributed by atoms with Gasteiger partial charge in [0.25, 0.3) is 11.8 Å². The van der Waals surface area contributed by atoms with Gasteiger partial charge in [-0.2, -0.15) is 13.2 Å². The molecular formula is C17H12F3N3O2S. The summed E-state index contributed by atoms with van der Waals surface area (Å²) in [4.78, 5) is 24.7. The molecule has 5 nitrogen and oxygen atoms in total. The van der Waals surface area contributed by atoms with Crippen molar-refractivity contribution in [1.82, 2.24) is 15.4 Å². The summed E-state index contributed by atoms with van der Waals surface area (Å²) in [5.41, 5.74) is 3.14. The fraction of sp³-hybridized carbons (Fsp3) is 0.0588. The van der Waals surface area contributed by atoms with E-state index in [0.717, 1.165) is 23.5 Å². The van der Waals surface area contributed by atoms with Crippen molar-refractivity contribution in [3.8, 4) is 5.69 Å². The minimum Gasteiger partial charge on any atom is -0.322 e. The molecule has 0 aliphatic rings. The van der Waals surface area contributed by atoms with Gasteiger partial charge < -0.3 is 4.57 Å². The summed E-state index contributed by atoms with van der Waals surface area (Å²) >= 11 is 1.15. The van der Waals surface area contributed by atoms with Crippen molar-refractivity contribution in [2.75, 3.05) is 0 Å². The van der Waals surface area contributed by atoms with E-state index in [-0.39, 0.29) is 0 Å². The highest BCUT2D eigenvalue weighted by atomic mass is 32.1. The van der Waals surface area contributed by atoms with Crippen molar-refractivity contribution in [1.29, 1.82) is 0 Å². The van der Waals surface area contributed by atoms with Crippen LogP contribution in [-0.2, 0) is 6.18 Å². The number of hydrogen-bond acceptors (Lipinski definition) is 3. The zero-order valence-corrected chi connectivity index (χ0v) is 13.9. The Labute approximate surface area is 150 Å². The van der Waals surface area contributed by atoms with Crippen LogP contribution < -0.4 is 10.9 Å². The number of hydrogen-bond donors (Lipinski definition) is 2. The van der Waals surface area contributed by atoms with Gasteiger partial charge in [-0.05, 0) is 35.7 Å². The zero-order chi connectivity index (χ0) is 18.7. The van der Waals surface area contributed by atoms with Gasteiger partial charge >= 0.3 is 6.18 Å². The molecule has 1 aromatic carbocycles. The van der Waals surface area contributed by atoms with Crippen LogP contribution in [0.4, 0.5) is 13.2 Å². The lowest BCUT2D eigenvalue weighted by molar-refractivity contribution is -0.137. The average Bonchev–Trinajstić information content (AvgIpc) is 3.29. The molecule has 9 heteroatoms. The third kappa shape index (κ3) is 3.62. The first-order chi connectivity index (χ1) is 12.4. The van der Waals surface area contributed by atoms with E-state index >= 15 is 0 Å². The summed E-state index contributed by atoms with van der Waals surface area (Å²) in [6.07, 6.45) is -1.18. The molecule has 0 saturated heterocycles. The topological polar surface area (TPSA) is 63.1 Å². The molecule has 2 amide bonds. The summed E-state index contributed by atoms with van der Waals surface area (Å²) in [6, 6.07) is 9.65. The molecule has 0 aliphatic carbocycles. The first-order valence-electron chi connectivity index (χ1n) is 7.35. The van der Waals surface area contributed by atoms with Gasteiger partial charge in [0.05, 0.1) is 16.8 Å². The molecule has 0 spiro atoms. The van der Waals surface area contributed by atoms with Crippen molar-refractivity contribution in [2.24, 2.45) is 0 Å². The first-order valence-corrected chi connectivity index (χ1v) is 8.23. The highest BCUT2D eigenvalue weighted by Gasteiger charge is 2.34. The van der Waals surface area contributed by atoms with Gasteiger partial charge in [-0.1, -0.05) is 12.1 Å². The second kappa shape index (κ2) is 7.04. The number of nitrogens with one attached hydrogen (secondary N) is 2. The Kier molecular flexibility index (Phi) is 4.81. The zero-order valence-electron chi connectivity index (χ0n) is 13.1. The SMILES string of the molecule is O=C(NNC(=O)c1sccc1-n1cccc1)c1ccccc1C(F)(F)F. The summed E-state index contributed by atoms with van der Waals surface area (Å²) < 4.78 is 40.6. The monoisotopic (exact) mass is 379 g/mol.